The molecule has 3 heteroatoms. The predicted molar refractivity (Wildman–Crippen MR) is 68.7 cm³/mol. The van der Waals surface area contributed by atoms with Crippen molar-refractivity contribution in [2.24, 2.45) is 5.92 Å². The smallest absolute Gasteiger partial charge is 0.309 e. The normalized spacial score (nSPS) is 12.2. The molecular formula is C14H21NO2. The van der Waals surface area contributed by atoms with E-state index in [1.807, 2.05) is 13.0 Å². The standard InChI is InChI=1S/C14H21NO2/c1-4-13(14(16)17-3)10-15-9-12-7-5-6-11(2)8-12/h5-8,13,15H,4,9-10H2,1-3H3. The van der Waals surface area contributed by atoms with Gasteiger partial charge in [-0.25, -0.2) is 0 Å². The molecule has 0 saturated carbocycles. The summed E-state index contributed by atoms with van der Waals surface area (Å²) in [5.41, 5.74) is 2.49. The third-order valence-electron chi connectivity index (χ3n) is 2.83. The fourth-order valence-corrected chi connectivity index (χ4v) is 1.77. The topological polar surface area (TPSA) is 38.3 Å². The molecule has 0 bridgehead atoms. The van der Waals surface area contributed by atoms with Gasteiger partial charge in [-0.2, -0.15) is 0 Å². The van der Waals surface area contributed by atoms with Gasteiger partial charge in [-0.15, -0.1) is 0 Å². The minimum absolute atomic E-state index is 0.0511. The van der Waals surface area contributed by atoms with E-state index in [0.29, 0.717) is 6.54 Å². The van der Waals surface area contributed by atoms with Crippen LogP contribution >= 0.6 is 0 Å². The second kappa shape index (κ2) is 7.07. The Morgan fingerprint density at radius 2 is 2.24 bits per heavy atom. The first-order valence-electron chi connectivity index (χ1n) is 6.01. The van der Waals surface area contributed by atoms with Crippen LogP contribution in [0.1, 0.15) is 24.5 Å². The number of nitrogens with one attached hydrogen (secondary N) is 1. The minimum Gasteiger partial charge on any atom is -0.469 e. The van der Waals surface area contributed by atoms with E-state index >= 15 is 0 Å². The van der Waals surface area contributed by atoms with Crippen LogP contribution in [0.15, 0.2) is 24.3 Å². The van der Waals surface area contributed by atoms with E-state index in [1.54, 1.807) is 0 Å². The van der Waals surface area contributed by atoms with Crippen molar-refractivity contribution >= 4 is 5.97 Å². The zero-order chi connectivity index (χ0) is 12.7. The Balaban J connectivity index is 2.38. The molecule has 1 N–H and O–H groups in total. The number of benzene rings is 1. The number of methoxy groups -OCH3 is 1. The van der Waals surface area contributed by atoms with Gasteiger partial charge in [-0.3, -0.25) is 4.79 Å². The molecule has 0 radical (unpaired) electrons. The SMILES string of the molecule is CCC(CNCc1cccc(C)c1)C(=O)OC. The molecule has 0 spiro atoms. The van der Waals surface area contributed by atoms with Crippen molar-refractivity contribution in [3.8, 4) is 0 Å². The van der Waals surface area contributed by atoms with E-state index in [4.69, 9.17) is 4.74 Å². The summed E-state index contributed by atoms with van der Waals surface area (Å²) in [5, 5.41) is 3.29. The minimum atomic E-state index is -0.135. The van der Waals surface area contributed by atoms with Crippen LogP contribution in [0.3, 0.4) is 0 Å². The van der Waals surface area contributed by atoms with Gasteiger partial charge < -0.3 is 10.1 Å². The van der Waals surface area contributed by atoms with E-state index < -0.39 is 0 Å². The highest BCUT2D eigenvalue weighted by molar-refractivity contribution is 5.72. The summed E-state index contributed by atoms with van der Waals surface area (Å²) in [6, 6.07) is 8.35. The van der Waals surface area contributed by atoms with E-state index in [2.05, 4.69) is 30.4 Å². The van der Waals surface area contributed by atoms with Gasteiger partial charge in [0.15, 0.2) is 0 Å². The second-order valence-electron chi connectivity index (χ2n) is 4.25. The molecule has 3 nitrogen and oxygen atoms in total. The van der Waals surface area contributed by atoms with Gasteiger partial charge in [0, 0.05) is 13.1 Å². The largest absolute Gasteiger partial charge is 0.469 e. The molecule has 0 amide bonds. The molecule has 0 fully saturated rings. The number of hydrogen-bond acceptors (Lipinski definition) is 3. The fraction of sp³-hybridized carbons (Fsp3) is 0.500. The predicted octanol–water partition coefficient (Wildman–Crippen LogP) is 2.28. The maximum atomic E-state index is 11.4. The molecule has 17 heavy (non-hydrogen) atoms. The summed E-state index contributed by atoms with van der Waals surface area (Å²) in [5.74, 6) is -0.186. The van der Waals surface area contributed by atoms with Crippen molar-refractivity contribution in [2.45, 2.75) is 26.8 Å². The lowest BCUT2D eigenvalue weighted by Crippen LogP contribution is -2.28. The average molecular weight is 235 g/mol. The van der Waals surface area contributed by atoms with Crippen molar-refractivity contribution in [2.75, 3.05) is 13.7 Å². The first kappa shape index (κ1) is 13.7. The van der Waals surface area contributed by atoms with Crippen LogP contribution in [0.25, 0.3) is 0 Å². The second-order valence-corrected chi connectivity index (χ2v) is 4.25. The highest BCUT2D eigenvalue weighted by atomic mass is 16.5. The zero-order valence-electron chi connectivity index (χ0n) is 10.8. The van der Waals surface area contributed by atoms with Crippen LogP contribution in [0, 0.1) is 12.8 Å². The summed E-state index contributed by atoms with van der Waals surface area (Å²) in [4.78, 5) is 11.4. The van der Waals surface area contributed by atoms with Crippen molar-refractivity contribution in [1.82, 2.24) is 5.32 Å². The Morgan fingerprint density at radius 1 is 1.47 bits per heavy atom. The number of carbonyl (C=O) groups is 1. The maximum absolute atomic E-state index is 11.4. The fourth-order valence-electron chi connectivity index (χ4n) is 1.77. The Hall–Kier alpha value is -1.35. The van der Waals surface area contributed by atoms with Gasteiger partial charge in [-0.1, -0.05) is 36.8 Å². The van der Waals surface area contributed by atoms with Crippen molar-refractivity contribution < 1.29 is 9.53 Å². The molecule has 0 saturated heterocycles. The lowest BCUT2D eigenvalue weighted by molar-refractivity contribution is -0.145. The van der Waals surface area contributed by atoms with Gasteiger partial charge in [0.05, 0.1) is 13.0 Å². The molecule has 0 aliphatic rings. The third kappa shape index (κ3) is 4.57. The van der Waals surface area contributed by atoms with Crippen molar-refractivity contribution in [3.63, 3.8) is 0 Å². The first-order valence-corrected chi connectivity index (χ1v) is 6.01. The van der Waals surface area contributed by atoms with Crippen LogP contribution in [0.4, 0.5) is 0 Å². The molecule has 0 heterocycles. The van der Waals surface area contributed by atoms with Crippen LogP contribution in [-0.4, -0.2) is 19.6 Å². The summed E-state index contributed by atoms with van der Waals surface area (Å²) in [6.07, 6.45) is 0.799. The van der Waals surface area contributed by atoms with E-state index in [9.17, 15) is 4.79 Å². The molecule has 0 aliphatic carbocycles. The zero-order valence-corrected chi connectivity index (χ0v) is 10.8. The van der Waals surface area contributed by atoms with Crippen LogP contribution in [0.5, 0.6) is 0 Å². The highest BCUT2D eigenvalue weighted by Gasteiger charge is 2.15. The summed E-state index contributed by atoms with van der Waals surface area (Å²) >= 11 is 0. The van der Waals surface area contributed by atoms with Gasteiger partial charge >= 0.3 is 5.97 Å². The average Bonchev–Trinajstić information content (AvgIpc) is 2.34. The number of carbonyl (C=O) groups excluding carboxylic acids is 1. The molecule has 1 atom stereocenters. The van der Waals surface area contributed by atoms with Crippen LogP contribution in [-0.2, 0) is 16.1 Å². The lowest BCUT2D eigenvalue weighted by atomic mass is 10.1. The number of aryl methyl sites for hydroxylation is 1. The molecule has 1 aromatic carbocycles. The summed E-state index contributed by atoms with van der Waals surface area (Å²) in [7, 11) is 1.44. The van der Waals surface area contributed by atoms with Crippen molar-refractivity contribution in [3.05, 3.63) is 35.4 Å². The molecule has 0 aromatic heterocycles. The number of hydrogen-bond donors (Lipinski definition) is 1. The molecule has 0 aliphatic heterocycles. The van der Waals surface area contributed by atoms with Gasteiger partial charge in [0.25, 0.3) is 0 Å². The quantitative estimate of drug-likeness (QED) is 0.769. The number of ether oxygens (including phenoxy) is 1. The Kier molecular flexibility index (Phi) is 5.70. The maximum Gasteiger partial charge on any atom is 0.309 e. The Bertz CT molecular complexity index is 363. The first-order chi connectivity index (χ1) is 8.17. The lowest BCUT2D eigenvalue weighted by Gasteiger charge is -2.13. The van der Waals surface area contributed by atoms with Crippen molar-refractivity contribution in [1.29, 1.82) is 0 Å². The molecule has 1 unspecified atom stereocenters. The molecular weight excluding hydrogens is 214 g/mol. The molecule has 94 valence electrons. The van der Waals surface area contributed by atoms with E-state index in [1.165, 1.54) is 18.2 Å². The molecule has 1 aromatic rings. The van der Waals surface area contributed by atoms with Gasteiger partial charge in [0.1, 0.15) is 0 Å². The monoisotopic (exact) mass is 235 g/mol. The Labute approximate surface area is 103 Å². The van der Waals surface area contributed by atoms with Gasteiger partial charge in [-0.05, 0) is 18.9 Å². The number of esters is 1. The van der Waals surface area contributed by atoms with Crippen LogP contribution < -0.4 is 5.32 Å². The third-order valence-corrected chi connectivity index (χ3v) is 2.83. The summed E-state index contributed by atoms with van der Waals surface area (Å²) < 4.78 is 4.75. The van der Waals surface area contributed by atoms with Crippen LogP contribution in [0.2, 0.25) is 0 Å². The molecule has 1 rings (SSSR count). The van der Waals surface area contributed by atoms with E-state index in [-0.39, 0.29) is 11.9 Å². The van der Waals surface area contributed by atoms with Gasteiger partial charge in [0.2, 0.25) is 0 Å². The van der Waals surface area contributed by atoms with E-state index in [0.717, 1.165) is 13.0 Å². The number of rotatable bonds is 6. The highest BCUT2D eigenvalue weighted by Crippen LogP contribution is 2.06. The summed E-state index contributed by atoms with van der Waals surface area (Å²) in [6.45, 7) is 5.52. The Morgan fingerprint density at radius 3 is 2.82 bits per heavy atom.